The van der Waals surface area contributed by atoms with Gasteiger partial charge in [0.1, 0.15) is 6.29 Å². The molecule has 0 radical (unpaired) electrons. The van der Waals surface area contributed by atoms with Gasteiger partial charge in [0.15, 0.2) is 0 Å². The van der Waals surface area contributed by atoms with E-state index in [-0.39, 0.29) is 0 Å². The quantitative estimate of drug-likeness (QED) is 0.254. The molecule has 0 heterocycles. The SMILES string of the molecule is CC1CC(C)CC(CCCCCCCCCCC2CCC(C=O)CC2)C1. The Labute approximate surface area is 164 Å². The number of unbranched alkanes of at least 4 members (excludes halogenated alkanes) is 7. The maximum Gasteiger partial charge on any atom is 0.123 e. The molecule has 0 saturated heterocycles. The summed E-state index contributed by atoms with van der Waals surface area (Å²) >= 11 is 0. The van der Waals surface area contributed by atoms with Crippen LogP contribution in [-0.2, 0) is 4.79 Å². The average Bonchev–Trinajstić information content (AvgIpc) is 2.63. The van der Waals surface area contributed by atoms with E-state index in [2.05, 4.69) is 13.8 Å². The summed E-state index contributed by atoms with van der Waals surface area (Å²) in [7, 11) is 0. The van der Waals surface area contributed by atoms with Crippen molar-refractivity contribution in [1.82, 2.24) is 0 Å². The molecule has 152 valence electrons. The minimum Gasteiger partial charge on any atom is -0.303 e. The number of aldehydes is 1. The lowest BCUT2D eigenvalue weighted by Gasteiger charge is -2.31. The fourth-order valence-corrected chi connectivity index (χ4v) is 5.89. The van der Waals surface area contributed by atoms with E-state index in [0.29, 0.717) is 5.92 Å². The summed E-state index contributed by atoms with van der Waals surface area (Å²) in [4.78, 5) is 10.8. The molecule has 2 fully saturated rings. The summed E-state index contributed by atoms with van der Waals surface area (Å²) in [6.45, 7) is 4.91. The Morgan fingerprint density at radius 1 is 0.615 bits per heavy atom. The fourth-order valence-electron chi connectivity index (χ4n) is 5.89. The number of carbonyl (C=O) groups excluding carboxylic acids is 1. The second-order valence-electron chi connectivity index (χ2n) is 10.1. The Morgan fingerprint density at radius 3 is 1.58 bits per heavy atom. The zero-order valence-corrected chi connectivity index (χ0v) is 17.9. The minimum absolute atomic E-state index is 0.385. The van der Waals surface area contributed by atoms with Gasteiger partial charge in [0.05, 0.1) is 0 Å². The van der Waals surface area contributed by atoms with Crippen LogP contribution in [0.2, 0.25) is 0 Å². The molecule has 2 saturated carbocycles. The molecule has 0 aromatic rings. The highest BCUT2D eigenvalue weighted by Crippen LogP contribution is 2.35. The summed E-state index contributed by atoms with van der Waals surface area (Å²) < 4.78 is 0. The third-order valence-electron chi connectivity index (χ3n) is 7.33. The Bertz CT molecular complexity index is 345. The van der Waals surface area contributed by atoms with Crippen LogP contribution in [0.4, 0.5) is 0 Å². The monoisotopic (exact) mass is 362 g/mol. The van der Waals surface area contributed by atoms with E-state index in [0.717, 1.165) is 36.5 Å². The maximum atomic E-state index is 10.8. The van der Waals surface area contributed by atoms with E-state index in [9.17, 15) is 4.79 Å². The Balaban J connectivity index is 1.34. The molecule has 2 aliphatic rings. The molecule has 1 nitrogen and oxygen atoms in total. The van der Waals surface area contributed by atoms with Crippen LogP contribution in [0.1, 0.15) is 123 Å². The molecule has 2 rings (SSSR count). The van der Waals surface area contributed by atoms with Crippen LogP contribution in [-0.4, -0.2) is 6.29 Å². The zero-order valence-electron chi connectivity index (χ0n) is 17.9. The highest BCUT2D eigenvalue weighted by Gasteiger charge is 2.23. The van der Waals surface area contributed by atoms with Crippen molar-refractivity contribution < 1.29 is 4.79 Å². The molecule has 0 aromatic carbocycles. The first-order chi connectivity index (χ1) is 12.7. The lowest BCUT2D eigenvalue weighted by molar-refractivity contribution is -0.112. The van der Waals surface area contributed by atoms with E-state index in [1.807, 2.05) is 0 Å². The van der Waals surface area contributed by atoms with Crippen molar-refractivity contribution in [2.45, 2.75) is 123 Å². The van der Waals surface area contributed by atoms with Crippen LogP contribution >= 0.6 is 0 Å². The lowest BCUT2D eigenvalue weighted by Crippen LogP contribution is -2.19. The summed E-state index contributed by atoms with van der Waals surface area (Å²) in [6, 6.07) is 0. The van der Waals surface area contributed by atoms with Gasteiger partial charge in [-0.15, -0.1) is 0 Å². The summed E-state index contributed by atoms with van der Waals surface area (Å²) in [5.74, 6) is 4.30. The largest absolute Gasteiger partial charge is 0.303 e. The van der Waals surface area contributed by atoms with Gasteiger partial charge in [-0.2, -0.15) is 0 Å². The van der Waals surface area contributed by atoms with Crippen LogP contribution in [0.15, 0.2) is 0 Å². The summed E-state index contributed by atoms with van der Waals surface area (Å²) in [6.07, 6.45) is 25.2. The van der Waals surface area contributed by atoms with Crippen LogP contribution in [0.25, 0.3) is 0 Å². The number of hydrogen-bond donors (Lipinski definition) is 0. The second-order valence-corrected chi connectivity index (χ2v) is 10.1. The van der Waals surface area contributed by atoms with Gasteiger partial charge in [0.25, 0.3) is 0 Å². The van der Waals surface area contributed by atoms with Gasteiger partial charge < -0.3 is 4.79 Å². The molecular formula is C25H46O. The Hall–Kier alpha value is -0.330. The molecule has 1 heteroatoms. The first-order valence-corrected chi connectivity index (χ1v) is 12.1. The van der Waals surface area contributed by atoms with Crippen molar-refractivity contribution >= 4 is 6.29 Å². The van der Waals surface area contributed by atoms with Crippen molar-refractivity contribution in [3.05, 3.63) is 0 Å². The average molecular weight is 363 g/mol. The molecule has 0 bridgehead atoms. The molecule has 26 heavy (non-hydrogen) atoms. The zero-order chi connectivity index (χ0) is 18.6. The third-order valence-corrected chi connectivity index (χ3v) is 7.33. The van der Waals surface area contributed by atoms with E-state index in [4.69, 9.17) is 0 Å². The van der Waals surface area contributed by atoms with Crippen molar-refractivity contribution in [1.29, 1.82) is 0 Å². The maximum absolute atomic E-state index is 10.8. The van der Waals surface area contributed by atoms with Gasteiger partial charge in [-0.1, -0.05) is 78.1 Å². The lowest BCUT2D eigenvalue weighted by atomic mass is 9.75. The van der Waals surface area contributed by atoms with Gasteiger partial charge in [-0.25, -0.2) is 0 Å². The molecule has 0 amide bonds. The van der Waals surface area contributed by atoms with Crippen molar-refractivity contribution in [2.24, 2.45) is 29.6 Å². The molecule has 0 aliphatic heterocycles. The highest BCUT2D eigenvalue weighted by molar-refractivity contribution is 5.53. The molecule has 0 N–H and O–H groups in total. The fraction of sp³-hybridized carbons (Fsp3) is 0.960. The standard InChI is InChI=1S/C25H46O/c1-21-17-22(2)19-25(18-21)12-10-8-6-4-3-5-7-9-11-23-13-15-24(20-26)16-14-23/h20-25H,3-19H2,1-2H3. The van der Waals surface area contributed by atoms with Crippen LogP contribution < -0.4 is 0 Å². The van der Waals surface area contributed by atoms with Crippen LogP contribution in [0.3, 0.4) is 0 Å². The molecule has 2 unspecified atom stereocenters. The molecule has 0 spiro atoms. The van der Waals surface area contributed by atoms with Crippen molar-refractivity contribution in [3.63, 3.8) is 0 Å². The Kier molecular flexibility index (Phi) is 10.9. The minimum atomic E-state index is 0.385. The summed E-state index contributed by atoms with van der Waals surface area (Å²) in [5, 5.41) is 0. The van der Waals surface area contributed by atoms with Gasteiger partial charge in [0, 0.05) is 5.92 Å². The number of carbonyl (C=O) groups is 1. The normalized spacial score (nSPS) is 32.5. The third kappa shape index (κ3) is 9.05. The first kappa shape index (κ1) is 22.0. The van der Waals surface area contributed by atoms with Gasteiger partial charge in [0.2, 0.25) is 0 Å². The number of hydrogen-bond acceptors (Lipinski definition) is 1. The topological polar surface area (TPSA) is 17.1 Å². The first-order valence-electron chi connectivity index (χ1n) is 12.1. The Morgan fingerprint density at radius 2 is 1.08 bits per heavy atom. The smallest absolute Gasteiger partial charge is 0.123 e. The second kappa shape index (κ2) is 12.9. The van der Waals surface area contributed by atoms with E-state index < -0.39 is 0 Å². The summed E-state index contributed by atoms with van der Waals surface area (Å²) in [5.41, 5.74) is 0. The van der Waals surface area contributed by atoms with Gasteiger partial charge in [-0.3, -0.25) is 0 Å². The van der Waals surface area contributed by atoms with E-state index >= 15 is 0 Å². The predicted octanol–water partition coefficient (Wildman–Crippen LogP) is 7.97. The van der Waals surface area contributed by atoms with E-state index in [1.54, 1.807) is 0 Å². The molecule has 0 aromatic heterocycles. The van der Waals surface area contributed by atoms with Crippen molar-refractivity contribution in [2.75, 3.05) is 0 Å². The van der Waals surface area contributed by atoms with Crippen LogP contribution in [0, 0.1) is 29.6 Å². The predicted molar refractivity (Wildman–Crippen MR) is 113 cm³/mol. The van der Waals surface area contributed by atoms with Gasteiger partial charge >= 0.3 is 0 Å². The van der Waals surface area contributed by atoms with Crippen LogP contribution in [0.5, 0.6) is 0 Å². The molecular weight excluding hydrogens is 316 g/mol. The van der Waals surface area contributed by atoms with Gasteiger partial charge in [-0.05, 0) is 68.6 Å². The molecule has 2 aliphatic carbocycles. The van der Waals surface area contributed by atoms with E-state index in [1.165, 1.54) is 103 Å². The highest BCUT2D eigenvalue weighted by atomic mass is 16.1. The number of rotatable bonds is 12. The van der Waals surface area contributed by atoms with Crippen molar-refractivity contribution in [3.8, 4) is 0 Å². The molecule has 2 atom stereocenters.